The minimum absolute atomic E-state index is 0.0312. The van der Waals surface area contributed by atoms with Crippen molar-refractivity contribution in [3.8, 4) is 0 Å². The van der Waals surface area contributed by atoms with Gasteiger partial charge in [0, 0.05) is 30.0 Å². The summed E-state index contributed by atoms with van der Waals surface area (Å²) in [6.45, 7) is 6.01. The van der Waals surface area contributed by atoms with E-state index >= 15 is 0 Å². The van der Waals surface area contributed by atoms with Gasteiger partial charge in [0.15, 0.2) is 5.78 Å². The number of ketones is 1. The van der Waals surface area contributed by atoms with Crippen LogP contribution in [0.4, 0.5) is 11.4 Å². The average molecular weight is 246 g/mol. The molecule has 0 spiro atoms. The molecule has 2 rings (SSSR count). The van der Waals surface area contributed by atoms with Gasteiger partial charge in [-0.1, -0.05) is 13.3 Å². The molecule has 18 heavy (non-hydrogen) atoms. The van der Waals surface area contributed by atoms with Crippen molar-refractivity contribution in [1.29, 1.82) is 0 Å². The first-order valence-electron chi connectivity index (χ1n) is 6.77. The minimum Gasteiger partial charge on any atom is -0.398 e. The second-order valence-corrected chi connectivity index (χ2v) is 5.17. The van der Waals surface area contributed by atoms with E-state index in [0.717, 1.165) is 24.7 Å². The van der Waals surface area contributed by atoms with E-state index in [4.69, 9.17) is 5.73 Å². The maximum atomic E-state index is 11.3. The molecular formula is C15H22N2O. The van der Waals surface area contributed by atoms with Crippen LogP contribution in [0.2, 0.25) is 0 Å². The smallest absolute Gasteiger partial charge is 0.161 e. The summed E-state index contributed by atoms with van der Waals surface area (Å²) in [6.07, 6.45) is 3.79. The Morgan fingerprint density at radius 2 is 2.06 bits per heavy atom. The Morgan fingerprint density at radius 1 is 1.39 bits per heavy atom. The molecule has 0 bridgehead atoms. The lowest BCUT2D eigenvalue weighted by Crippen LogP contribution is -2.33. The van der Waals surface area contributed by atoms with Crippen molar-refractivity contribution in [2.24, 2.45) is 5.92 Å². The number of nitrogens with zero attached hydrogens (tertiary/aromatic N) is 1. The molecule has 0 amide bonds. The van der Waals surface area contributed by atoms with Crippen LogP contribution in [-0.4, -0.2) is 18.9 Å². The molecule has 0 atom stereocenters. The number of Topliss-reactive ketones (excluding diaryl/α,β-unsaturated/α-hetero) is 1. The lowest BCUT2D eigenvalue weighted by atomic mass is 9.94. The lowest BCUT2D eigenvalue weighted by Gasteiger charge is -2.33. The van der Waals surface area contributed by atoms with E-state index < -0.39 is 0 Å². The first-order chi connectivity index (χ1) is 8.61. The second-order valence-electron chi connectivity index (χ2n) is 5.17. The second kappa shape index (κ2) is 5.42. The van der Waals surface area contributed by atoms with E-state index in [2.05, 4.69) is 11.8 Å². The Labute approximate surface area is 109 Å². The van der Waals surface area contributed by atoms with Gasteiger partial charge in [-0.25, -0.2) is 0 Å². The summed E-state index contributed by atoms with van der Waals surface area (Å²) in [6, 6.07) is 5.79. The summed E-state index contributed by atoms with van der Waals surface area (Å²) < 4.78 is 0. The molecule has 1 aromatic carbocycles. The average Bonchev–Trinajstić information content (AvgIpc) is 2.38. The highest BCUT2D eigenvalue weighted by atomic mass is 16.1. The van der Waals surface area contributed by atoms with Gasteiger partial charge >= 0.3 is 0 Å². The fourth-order valence-corrected chi connectivity index (χ4v) is 2.67. The van der Waals surface area contributed by atoms with Crippen molar-refractivity contribution in [3.05, 3.63) is 23.8 Å². The highest BCUT2D eigenvalue weighted by Gasteiger charge is 2.18. The summed E-state index contributed by atoms with van der Waals surface area (Å²) in [4.78, 5) is 13.7. The number of hydrogen-bond acceptors (Lipinski definition) is 3. The highest BCUT2D eigenvalue weighted by Crippen LogP contribution is 2.27. The third-order valence-electron chi connectivity index (χ3n) is 3.97. The van der Waals surface area contributed by atoms with Crippen LogP contribution in [0.15, 0.2) is 18.2 Å². The zero-order valence-electron chi connectivity index (χ0n) is 11.3. The van der Waals surface area contributed by atoms with Gasteiger partial charge in [-0.2, -0.15) is 0 Å². The van der Waals surface area contributed by atoms with Gasteiger partial charge in [0.2, 0.25) is 0 Å². The van der Waals surface area contributed by atoms with E-state index in [1.54, 1.807) is 6.92 Å². The van der Waals surface area contributed by atoms with Crippen molar-refractivity contribution in [3.63, 3.8) is 0 Å². The van der Waals surface area contributed by atoms with Crippen molar-refractivity contribution < 1.29 is 4.79 Å². The Bertz CT molecular complexity index is 434. The molecular weight excluding hydrogens is 224 g/mol. The number of benzene rings is 1. The molecule has 98 valence electrons. The number of piperidine rings is 1. The van der Waals surface area contributed by atoms with Crippen LogP contribution in [0.3, 0.4) is 0 Å². The fraction of sp³-hybridized carbons (Fsp3) is 0.533. The Kier molecular flexibility index (Phi) is 3.90. The predicted molar refractivity (Wildman–Crippen MR) is 76.1 cm³/mol. The quantitative estimate of drug-likeness (QED) is 0.658. The zero-order valence-corrected chi connectivity index (χ0v) is 11.3. The molecule has 1 fully saturated rings. The van der Waals surface area contributed by atoms with Crippen LogP contribution in [0.25, 0.3) is 0 Å². The summed E-state index contributed by atoms with van der Waals surface area (Å²) in [5, 5.41) is 0. The van der Waals surface area contributed by atoms with Gasteiger partial charge in [0.25, 0.3) is 0 Å². The van der Waals surface area contributed by atoms with Crippen molar-refractivity contribution in [2.45, 2.75) is 33.1 Å². The first kappa shape index (κ1) is 12.9. The molecule has 0 aliphatic carbocycles. The molecule has 3 heteroatoms. The van der Waals surface area contributed by atoms with Gasteiger partial charge in [-0.3, -0.25) is 4.79 Å². The first-order valence-corrected chi connectivity index (χ1v) is 6.77. The van der Waals surface area contributed by atoms with Gasteiger partial charge in [0.05, 0.1) is 0 Å². The summed E-state index contributed by atoms with van der Waals surface area (Å²) >= 11 is 0. The normalized spacial score (nSPS) is 16.9. The molecule has 1 saturated heterocycles. The molecule has 1 aliphatic rings. The van der Waals surface area contributed by atoms with Crippen molar-refractivity contribution >= 4 is 17.2 Å². The molecule has 1 aliphatic heterocycles. The summed E-state index contributed by atoms with van der Waals surface area (Å²) in [7, 11) is 0. The predicted octanol–water partition coefficient (Wildman–Crippen LogP) is 3.10. The third kappa shape index (κ3) is 2.66. The Morgan fingerprint density at radius 3 is 2.56 bits per heavy atom. The number of hydrogen-bond donors (Lipinski definition) is 1. The molecule has 0 unspecified atom stereocenters. The zero-order chi connectivity index (χ0) is 13.1. The molecule has 0 saturated carbocycles. The summed E-state index contributed by atoms with van der Waals surface area (Å²) in [5.41, 5.74) is 8.30. The largest absolute Gasteiger partial charge is 0.398 e. The van der Waals surface area contributed by atoms with Crippen molar-refractivity contribution in [1.82, 2.24) is 0 Å². The fourth-order valence-electron chi connectivity index (χ4n) is 2.67. The van der Waals surface area contributed by atoms with E-state index in [1.165, 1.54) is 19.3 Å². The van der Waals surface area contributed by atoms with Crippen LogP contribution in [0, 0.1) is 5.92 Å². The van der Waals surface area contributed by atoms with Gasteiger partial charge in [0.1, 0.15) is 0 Å². The third-order valence-corrected chi connectivity index (χ3v) is 3.97. The number of nitrogens with two attached hydrogens (primary N) is 1. The standard InChI is InChI=1S/C15H22N2O/c1-3-12-6-8-17(9-7-12)13-4-5-14(11(2)18)15(16)10-13/h4-5,10,12H,3,6-9,16H2,1-2H3. The maximum Gasteiger partial charge on any atom is 0.161 e. The number of carbonyl (C=O) groups is 1. The van der Waals surface area contributed by atoms with Crippen LogP contribution >= 0.6 is 0 Å². The molecule has 0 aromatic heterocycles. The van der Waals surface area contributed by atoms with Gasteiger partial charge < -0.3 is 10.6 Å². The minimum atomic E-state index is 0.0312. The lowest BCUT2D eigenvalue weighted by molar-refractivity contribution is 0.101. The number of rotatable bonds is 3. The van der Waals surface area contributed by atoms with E-state index in [1.807, 2.05) is 18.2 Å². The maximum absolute atomic E-state index is 11.3. The monoisotopic (exact) mass is 246 g/mol. The Hall–Kier alpha value is -1.51. The molecule has 1 heterocycles. The van der Waals surface area contributed by atoms with Gasteiger partial charge in [-0.15, -0.1) is 0 Å². The number of nitrogen functional groups attached to an aromatic ring is 1. The number of carbonyl (C=O) groups excluding carboxylic acids is 1. The van der Waals surface area contributed by atoms with Crippen molar-refractivity contribution in [2.75, 3.05) is 23.7 Å². The molecule has 0 radical (unpaired) electrons. The van der Waals surface area contributed by atoms with Crippen LogP contribution < -0.4 is 10.6 Å². The molecule has 1 aromatic rings. The van der Waals surface area contributed by atoms with Crippen LogP contribution in [0.1, 0.15) is 43.5 Å². The van der Waals surface area contributed by atoms with E-state index in [-0.39, 0.29) is 5.78 Å². The molecule has 3 nitrogen and oxygen atoms in total. The number of anilines is 2. The van der Waals surface area contributed by atoms with Crippen LogP contribution in [-0.2, 0) is 0 Å². The van der Waals surface area contributed by atoms with Gasteiger partial charge in [-0.05, 0) is 43.9 Å². The highest BCUT2D eigenvalue weighted by molar-refractivity contribution is 5.99. The van der Waals surface area contributed by atoms with E-state index in [9.17, 15) is 4.79 Å². The topological polar surface area (TPSA) is 46.3 Å². The molecule has 2 N–H and O–H groups in total. The van der Waals surface area contributed by atoms with E-state index in [0.29, 0.717) is 11.3 Å². The van der Waals surface area contributed by atoms with Crippen LogP contribution in [0.5, 0.6) is 0 Å². The summed E-state index contributed by atoms with van der Waals surface area (Å²) in [5.74, 6) is 0.902. The SMILES string of the molecule is CCC1CCN(c2ccc(C(C)=O)c(N)c2)CC1. The Balaban J connectivity index is 2.11.